The van der Waals surface area contributed by atoms with E-state index < -0.39 is 0 Å². The summed E-state index contributed by atoms with van der Waals surface area (Å²) in [4.78, 5) is 12.6. The number of rotatable bonds is 5. The topological polar surface area (TPSA) is 64.4 Å². The Kier molecular flexibility index (Phi) is 6.75. The third-order valence-corrected chi connectivity index (χ3v) is 4.61. The van der Waals surface area contributed by atoms with Crippen molar-refractivity contribution in [1.29, 1.82) is 0 Å². The van der Waals surface area contributed by atoms with Gasteiger partial charge in [-0.05, 0) is 31.2 Å². The number of aromatic nitrogens is 1. The van der Waals surface area contributed by atoms with Gasteiger partial charge in [-0.25, -0.2) is 0 Å². The summed E-state index contributed by atoms with van der Waals surface area (Å²) < 4.78 is 11.7. The fourth-order valence-corrected chi connectivity index (χ4v) is 3.08. The van der Waals surface area contributed by atoms with Crippen LogP contribution < -0.4 is 10.1 Å². The van der Waals surface area contributed by atoms with E-state index >= 15 is 0 Å². The molecule has 0 saturated heterocycles. The molecule has 0 spiro atoms. The molecule has 0 aliphatic rings. The predicted molar refractivity (Wildman–Crippen MR) is 111 cm³/mol. The molecule has 2 aromatic carbocycles. The second kappa shape index (κ2) is 9.45. The van der Waals surface area contributed by atoms with E-state index in [0.29, 0.717) is 27.6 Å². The quantitative estimate of drug-likeness (QED) is 0.553. The average Bonchev–Trinajstić information content (AvgIpc) is 3.06. The molecule has 0 unspecified atom stereocenters. The Labute approximate surface area is 176 Å². The maximum absolute atomic E-state index is 12.6. The Morgan fingerprint density at radius 3 is 2.86 bits per heavy atom. The summed E-state index contributed by atoms with van der Waals surface area (Å²) in [5.41, 5.74) is 1.39. The van der Waals surface area contributed by atoms with Gasteiger partial charge in [0.15, 0.2) is 0 Å². The maximum atomic E-state index is 12.6. The SMILES string of the molecule is Cc1onc(-c2ccccc2Cl)c1C(=O)NCC#CCOc1cccc(Br)c1. The number of hydrogen-bond donors (Lipinski definition) is 1. The van der Waals surface area contributed by atoms with Crippen molar-refractivity contribution < 1.29 is 14.1 Å². The van der Waals surface area contributed by atoms with E-state index in [2.05, 4.69) is 38.2 Å². The van der Waals surface area contributed by atoms with Crippen molar-refractivity contribution in [3.63, 3.8) is 0 Å². The zero-order chi connectivity index (χ0) is 19.9. The van der Waals surface area contributed by atoms with Gasteiger partial charge >= 0.3 is 0 Å². The molecule has 3 aromatic rings. The molecule has 142 valence electrons. The maximum Gasteiger partial charge on any atom is 0.257 e. The molecular formula is C21H16BrClN2O3. The lowest BCUT2D eigenvalue weighted by Gasteiger charge is -2.04. The number of nitrogens with zero attached hydrogens (tertiary/aromatic N) is 1. The first kappa shape index (κ1) is 20.0. The molecule has 1 heterocycles. The first-order chi connectivity index (χ1) is 13.6. The Bertz CT molecular complexity index is 1050. The van der Waals surface area contributed by atoms with Crippen LogP contribution in [0.3, 0.4) is 0 Å². The number of ether oxygens (including phenoxy) is 1. The molecule has 1 aromatic heterocycles. The molecule has 3 rings (SSSR count). The molecule has 0 aliphatic heterocycles. The molecule has 1 amide bonds. The van der Waals surface area contributed by atoms with Crippen LogP contribution in [0.25, 0.3) is 11.3 Å². The van der Waals surface area contributed by atoms with E-state index in [4.69, 9.17) is 20.9 Å². The van der Waals surface area contributed by atoms with Gasteiger partial charge in [-0.1, -0.05) is 68.8 Å². The van der Waals surface area contributed by atoms with Gasteiger partial charge in [-0.3, -0.25) is 4.79 Å². The molecular weight excluding hydrogens is 444 g/mol. The van der Waals surface area contributed by atoms with Gasteiger partial charge in [0, 0.05) is 10.0 Å². The largest absolute Gasteiger partial charge is 0.481 e. The highest BCUT2D eigenvalue weighted by Crippen LogP contribution is 2.30. The van der Waals surface area contributed by atoms with Crippen LogP contribution in [0.2, 0.25) is 5.02 Å². The minimum absolute atomic E-state index is 0.174. The van der Waals surface area contributed by atoms with Crippen LogP contribution in [0.1, 0.15) is 16.1 Å². The number of carbonyl (C=O) groups excluding carboxylic acids is 1. The molecule has 0 aliphatic carbocycles. The van der Waals surface area contributed by atoms with E-state index in [-0.39, 0.29) is 19.1 Å². The number of carbonyl (C=O) groups is 1. The van der Waals surface area contributed by atoms with E-state index in [9.17, 15) is 4.79 Å². The first-order valence-corrected chi connectivity index (χ1v) is 9.57. The lowest BCUT2D eigenvalue weighted by atomic mass is 10.1. The highest BCUT2D eigenvalue weighted by Gasteiger charge is 2.22. The smallest absolute Gasteiger partial charge is 0.257 e. The Morgan fingerprint density at radius 1 is 1.25 bits per heavy atom. The number of nitrogens with one attached hydrogen (secondary N) is 1. The molecule has 0 bridgehead atoms. The van der Waals surface area contributed by atoms with Gasteiger partial charge in [0.25, 0.3) is 5.91 Å². The zero-order valence-corrected chi connectivity index (χ0v) is 17.3. The summed E-state index contributed by atoms with van der Waals surface area (Å²) in [7, 11) is 0. The van der Waals surface area contributed by atoms with Crippen molar-refractivity contribution in [2.45, 2.75) is 6.92 Å². The van der Waals surface area contributed by atoms with E-state index in [1.807, 2.05) is 36.4 Å². The van der Waals surface area contributed by atoms with Gasteiger partial charge in [0.05, 0.1) is 11.6 Å². The monoisotopic (exact) mass is 458 g/mol. The molecule has 0 radical (unpaired) electrons. The highest BCUT2D eigenvalue weighted by atomic mass is 79.9. The van der Waals surface area contributed by atoms with Crippen LogP contribution in [0.5, 0.6) is 5.75 Å². The number of benzene rings is 2. The number of hydrogen-bond acceptors (Lipinski definition) is 4. The second-order valence-corrected chi connectivity index (χ2v) is 7.05. The normalized spacial score (nSPS) is 10.1. The van der Waals surface area contributed by atoms with Crippen molar-refractivity contribution in [3.05, 3.63) is 69.3 Å². The van der Waals surface area contributed by atoms with E-state index in [1.165, 1.54) is 0 Å². The molecule has 0 fully saturated rings. The molecule has 5 nitrogen and oxygen atoms in total. The molecule has 1 N–H and O–H groups in total. The number of amides is 1. The van der Waals surface area contributed by atoms with Gasteiger partial charge in [-0.15, -0.1) is 0 Å². The van der Waals surface area contributed by atoms with Crippen molar-refractivity contribution >= 4 is 33.4 Å². The van der Waals surface area contributed by atoms with Gasteiger partial charge in [0.2, 0.25) is 0 Å². The standard InChI is InChI=1S/C21H16BrClN2O3/c1-14-19(20(25-28-14)17-9-2-3-10-18(17)23)21(26)24-11-4-5-12-27-16-8-6-7-15(22)13-16/h2-3,6-10,13H,11-12H2,1H3,(H,24,26). The number of halogens is 2. The fourth-order valence-electron chi connectivity index (χ4n) is 2.48. The van der Waals surface area contributed by atoms with E-state index in [1.54, 1.807) is 19.1 Å². The molecule has 0 atom stereocenters. The van der Waals surface area contributed by atoms with Crippen LogP contribution in [0.15, 0.2) is 57.5 Å². The third kappa shape index (κ3) is 4.94. The third-order valence-electron chi connectivity index (χ3n) is 3.79. The Morgan fingerprint density at radius 2 is 2.07 bits per heavy atom. The average molecular weight is 460 g/mol. The molecule has 0 saturated carbocycles. The summed E-state index contributed by atoms with van der Waals surface area (Å²) in [6.45, 7) is 2.08. The van der Waals surface area contributed by atoms with Crippen molar-refractivity contribution in [1.82, 2.24) is 10.5 Å². The predicted octanol–water partition coefficient (Wildman–Crippen LogP) is 4.88. The summed E-state index contributed by atoms with van der Waals surface area (Å²) in [5.74, 6) is 6.53. The van der Waals surface area contributed by atoms with Gasteiger partial charge < -0.3 is 14.6 Å². The van der Waals surface area contributed by atoms with Crippen LogP contribution in [0.4, 0.5) is 0 Å². The van der Waals surface area contributed by atoms with Gasteiger partial charge in [0.1, 0.15) is 29.4 Å². The molecule has 28 heavy (non-hydrogen) atoms. The number of aryl methyl sites for hydroxylation is 1. The van der Waals surface area contributed by atoms with E-state index in [0.717, 1.165) is 10.2 Å². The van der Waals surface area contributed by atoms with Crippen LogP contribution in [-0.2, 0) is 0 Å². The van der Waals surface area contributed by atoms with Crippen molar-refractivity contribution in [3.8, 4) is 28.8 Å². The summed E-state index contributed by atoms with van der Waals surface area (Å²) in [6.07, 6.45) is 0. The lowest BCUT2D eigenvalue weighted by Crippen LogP contribution is -2.24. The zero-order valence-electron chi connectivity index (χ0n) is 15.0. The lowest BCUT2D eigenvalue weighted by molar-refractivity contribution is 0.0957. The summed E-state index contributed by atoms with van der Waals surface area (Å²) >= 11 is 9.59. The summed E-state index contributed by atoms with van der Waals surface area (Å²) in [6, 6.07) is 14.7. The minimum Gasteiger partial charge on any atom is -0.481 e. The second-order valence-electron chi connectivity index (χ2n) is 5.72. The Hall–Kier alpha value is -2.75. The van der Waals surface area contributed by atoms with Crippen LogP contribution in [0, 0.1) is 18.8 Å². The van der Waals surface area contributed by atoms with Crippen molar-refractivity contribution in [2.24, 2.45) is 0 Å². The first-order valence-electron chi connectivity index (χ1n) is 8.39. The van der Waals surface area contributed by atoms with Gasteiger partial charge in [-0.2, -0.15) is 0 Å². The van der Waals surface area contributed by atoms with Crippen LogP contribution >= 0.6 is 27.5 Å². The summed E-state index contributed by atoms with van der Waals surface area (Å²) in [5, 5.41) is 7.23. The van der Waals surface area contributed by atoms with Crippen LogP contribution in [-0.4, -0.2) is 24.2 Å². The Balaban J connectivity index is 1.59. The minimum atomic E-state index is -0.323. The van der Waals surface area contributed by atoms with Crippen molar-refractivity contribution in [2.75, 3.05) is 13.2 Å². The molecule has 7 heteroatoms. The highest BCUT2D eigenvalue weighted by molar-refractivity contribution is 9.10. The fraction of sp³-hybridized carbons (Fsp3) is 0.143.